The highest BCUT2D eigenvalue weighted by Crippen LogP contribution is 2.42. The molecule has 1 N–H and O–H groups in total. The number of aromatic nitrogens is 4. The standard InChI is InChI=1S/C33H39N5O5/c1-6-42-26-19-24(10-11-25(26)43-18-12-21(2)3)29-27(30(39)28-23(5)37-15-7-9-22(4)32(37)35-28)31(40)33(41)38(29)16-8-14-36-17-13-34-20-36/h7,9-11,13,15,17,19-21,29,39H,6,8,12,14,16,18H2,1-5H3. The van der Waals surface area contributed by atoms with Gasteiger partial charge in [-0.15, -0.1) is 0 Å². The molecule has 5 rings (SSSR count). The van der Waals surface area contributed by atoms with Gasteiger partial charge in [-0.3, -0.25) is 9.59 Å². The minimum atomic E-state index is -0.836. The van der Waals surface area contributed by atoms with Crippen LogP contribution in [0.4, 0.5) is 0 Å². The normalized spacial score (nSPS) is 16.5. The monoisotopic (exact) mass is 585 g/mol. The van der Waals surface area contributed by atoms with Gasteiger partial charge in [0.25, 0.3) is 11.7 Å². The zero-order valence-electron chi connectivity index (χ0n) is 25.4. The van der Waals surface area contributed by atoms with Crippen molar-refractivity contribution in [3.05, 3.63) is 83.3 Å². The maximum atomic E-state index is 13.7. The molecular weight excluding hydrogens is 546 g/mol. The third-order valence-corrected chi connectivity index (χ3v) is 7.76. The topological polar surface area (TPSA) is 111 Å². The fourth-order valence-corrected chi connectivity index (χ4v) is 5.46. The second-order valence-corrected chi connectivity index (χ2v) is 11.2. The average molecular weight is 586 g/mol. The third-order valence-electron chi connectivity index (χ3n) is 7.76. The van der Waals surface area contributed by atoms with Crippen molar-refractivity contribution in [3.8, 4) is 11.5 Å². The molecule has 10 heteroatoms. The van der Waals surface area contributed by atoms with Gasteiger partial charge in [0.1, 0.15) is 11.3 Å². The van der Waals surface area contributed by atoms with E-state index >= 15 is 0 Å². The molecule has 4 heterocycles. The lowest BCUT2D eigenvalue weighted by Gasteiger charge is -2.26. The maximum absolute atomic E-state index is 13.7. The highest BCUT2D eigenvalue weighted by atomic mass is 16.5. The number of ether oxygens (including phenoxy) is 2. The number of fused-ring (bicyclic) bond motifs is 1. The number of amides is 1. The van der Waals surface area contributed by atoms with Gasteiger partial charge in [-0.25, -0.2) is 9.97 Å². The lowest BCUT2D eigenvalue weighted by molar-refractivity contribution is -0.139. The molecule has 1 unspecified atom stereocenters. The number of benzene rings is 1. The van der Waals surface area contributed by atoms with Crippen LogP contribution in [0.2, 0.25) is 0 Å². The van der Waals surface area contributed by atoms with E-state index in [4.69, 9.17) is 14.5 Å². The Hall–Kier alpha value is -4.60. The lowest BCUT2D eigenvalue weighted by atomic mass is 9.96. The highest BCUT2D eigenvalue weighted by Gasteiger charge is 2.46. The van der Waals surface area contributed by atoms with Crippen molar-refractivity contribution in [3.63, 3.8) is 0 Å². The Bertz CT molecular complexity index is 1650. The van der Waals surface area contributed by atoms with Crippen LogP contribution in [0.5, 0.6) is 11.5 Å². The molecule has 1 fully saturated rings. The zero-order chi connectivity index (χ0) is 30.7. The van der Waals surface area contributed by atoms with Gasteiger partial charge in [-0.1, -0.05) is 26.0 Å². The molecule has 43 heavy (non-hydrogen) atoms. The Kier molecular flexibility index (Phi) is 8.84. The number of rotatable bonds is 12. The first-order chi connectivity index (χ1) is 20.7. The van der Waals surface area contributed by atoms with Crippen LogP contribution in [0.1, 0.15) is 62.2 Å². The summed E-state index contributed by atoms with van der Waals surface area (Å²) in [6.07, 6.45) is 8.60. The molecule has 1 aliphatic heterocycles. The van der Waals surface area contributed by atoms with Gasteiger partial charge >= 0.3 is 0 Å². The Morgan fingerprint density at radius 1 is 1.07 bits per heavy atom. The first-order valence-electron chi connectivity index (χ1n) is 14.8. The molecule has 0 bridgehead atoms. The summed E-state index contributed by atoms with van der Waals surface area (Å²) in [5, 5.41) is 11.7. The second kappa shape index (κ2) is 12.7. The van der Waals surface area contributed by atoms with Gasteiger partial charge < -0.3 is 28.4 Å². The van der Waals surface area contributed by atoms with E-state index in [1.165, 1.54) is 4.90 Å². The number of aliphatic hydroxyl groups excluding tert-OH is 1. The number of likely N-dealkylation sites (tertiary alicyclic amines) is 1. The SMILES string of the molecule is CCOc1cc(C2C(=C(O)c3nc4c(C)cccn4c3C)C(=O)C(=O)N2CCCn2ccnc2)ccc1OCCC(C)C. The fourth-order valence-electron chi connectivity index (χ4n) is 5.46. The number of ketones is 1. The molecule has 1 saturated heterocycles. The molecule has 226 valence electrons. The van der Waals surface area contributed by atoms with E-state index < -0.39 is 17.7 Å². The van der Waals surface area contributed by atoms with Crippen molar-refractivity contribution in [2.75, 3.05) is 19.8 Å². The lowest BCUT2D eigenvalue weighted by Crippen LogP contribution is -2.31. The van der Waals surface area contributed by atoms with Crippen molar-refractivity contribution in [1.29, 1.82) is 0 Å². The Balaban J connectivity index is 1.59. The van der Waals surface area contributed by atoms with Gasteiger partial charge in [0, 0.05) is 31.7 Å². The Morgan fingerprint density at radius 2 is 1.88 bits per heavy atom. The molecule has 0 radical (unpaired) electrons. The Labute approximate surface area is 251 Å². The van der Waals surface area contributed by atoms with E-state index in [2.05, 4.69) is 18.8 Å². The Morgan fingerprint density at radius 3 is 2.58 bits per heavy atom. The van der Waals surface area contributed by atoms with Crippen molar-refractivity contribution in [2.45, 2.75) is 60.0 Å². The first-order valence-corrected chi connectivity index (χ1v) is 14.8. The summed E-state index contributed by atoms with van der Waals surface area (Å²) in [7, 11) is 0. The summed E-state index contributed by atoms with van der Waals surface area (Å²) in [6, 6.07) is 8.45. The van der Waals surface area contributed by atoms with Gasteiger partial charge in [0.2, 0.25) is 0 Å². The van der Waals surface area contributed by atoms with E-state index in [0.717, 1.165) is 12.0 Å². The molecule has 0 saturated carbocycles. The molecule has 1 amide bonds. The van der Waals surface area contributed by atoms with Crippen LogP contribution in [-0.4, -0.2) is 60.4 Å². The minimum absolute atomic E-state index is 0.00714. The molecule has 0 spiro atoms. The van der Waals surface area contributed by atoms with Gasteiger partial charge in [0.05, 0.1) is 36.8 Å². The molecule has 1 atom stereocenters. The summed E-state index contributed by atoms with van der Waals surface area (Å²) in [5.41, 5.74) is 3.19. The summed E-state index contributed by atoms with van der Waals surface area (Å²) < 4.78 is 15.8. The van der Waals surface area contributed by atoms with Crippen LogP contribution in [0.25, 0.3) is 11.4 Å². The van der Waals surface area contributed by atoms with E-state index in [-0.39, 0.29) is 17.0 Å². The number of carbonyl (C=O) groups is 2. The quantitative estimate of drug-likeness (QED) is 0.133. The predicted octanol–water partition coefficient (Wildman–Crippen LogP) is 5.48. The van der Waals surface area contributed by atoms with E-state index in [0.29, 0.717) is 67.0 Å². The summed E-state index contributed by atoms with van der Waals surface area (Å²) in [4.78, 5) is 37.5. The molecule has 1 aliphatic rings. The summed E-state index contributed by atoms with van der Waals surface area (Å²) >= 11 is 0. The number of aliphatic hydroxyl groups is 1. The zero-order valence-corrected chi connectivity index (χ0v) is 25.4. The van der Waals surface area contributed by atoms with Crippen LogP contribution < -0.4 is 9.47 Å². The van der Waals surface area contributed by atoms with Gasteiger partial charge in [-0.2, -0.15) is 0 Å². The fraction of sp³-hybridized carbons (Fsp3) is 0.394. The highest BCUT2D eigenvalue weighted by molar-refractivity contribution is 6.46. The largest absolute Gasteiger partial charge is 0.505 e. The van der Waals surface area contributed by atoms with E-state index in [1.807, 2.05) is 72.5 Å². The second-order valence-electron chi connectivity index (χ2n) is 11.2. The van der Waals surface area contributed by atoms with Crippen molar-refractivity contribution in [2.24, 2.45) is 5.92 Å². The van der Waals surface area contributed by atoms with Gasteiger partial charge in [-0.05, 0) is 68.9 Å². The molecule has 1 aromatic carbocycles. The summed E-state index contributed by atoms with van der Waals surface area (Å²) in [5.74, 6) is -0.0965. The molecule has 3 aromatic heterocycles. The van der Waals surface area contributed by atoms with Crippen molar-refractivity contribution in [1.82, 2.24) is 23.8 Å². The molecule has 0 aliphatic carbocycles. The smallest absolute Gasteiger partial charge is 0.295 e. The summed E-state index contributed by atoms with van der Waals surface area (Å²) in [6.45, 7) is 11.8. The van der Waals surface area contributed by atoms with Crippen LogP contribution in [0.15, 0.2) is 60.8 Å². The first kappa shape index (κ1) is 29.9. The van der Waals surface area contributed by atoms with E-state index in [9.17, 15) is 14.7 Å². The van der Waals surface area contributed by atoms with Crippen LogP contribution in [0, 0.1) is 19.8 Å². The number of imidazole rings is 2. The van der Waals surface area contributed by atoms with Crippen LogP contribution in [-0.2, 0) is 16.1 Å². The third kappa shape index (κ3) is 6.00. The number of nitrogens with zero attached hydrogens (tertiary/aromatic N) is 5. The number of hydrogen-bond donors (Lipinski definition) is 1. The van der Waals surface area contributed by atoms with Crippen LogP contribution in [0.3, 0.4) is 0 Å². The van der Waals surface area contributed by atoms with Crippen molar-refractivity contribution >= 4 is 23.1 Å². The average Bonchev–Trinajstić information content (AvgIpc) is 3.68. The molecule has 10 nitrogen and oxygen atoms in total. The predicted molar refractivity (Wildman–Crippen MR) is 163 cm³/mol. The maximum Gasteiger partial charge on any atom is 0.295 e. The number of aryl methyl sites for hydroxylation is 3. The molecular formula is C33H39N5O5. The number of carbonyl (C=O) groups excluding carboxylic acids is 2. The van der Waals surface area contributed by atoms with Crippen LogP contribution >= 0.6 is 0 Å². The molecule has 4 aromatic rings. The number of hydrogen-bond acceptors (Lipinski definition) is 7. The number of pyridine rings is 1. The van der Waals surface area contributed by atoms with E-state index in [1.54, 1.807) is 12.5 Å². The van der Waals surface area contributed by atoms with Crippen molar-refractivity contribution < 1.29 is 24.2 Å². The van der Waals surface area contributed by atoms with Gasteiger partial charge in [0.15, 0.2) is 17.3 Å². The number of Topliss-reactive ketones (excluding diaryl/α,β-unsaturated/α-hetero) is 1. The minimum Gasteiger partial charge on any atom is -0.505 e.